The molecule has 20 heavy (non-hydrogen) atoms. The Balaban J connectivity index is 2.53. The van der Waals surface area contributed by atoms with Crippen LogP contribution in [0.1, 0.15) is 24.0 Å². The number of hydrogen-bond donors (Lipinski definition) is 2. The molecule has 4 nitrogen and oxygen atoms in total. The molecule has 0 fully saturated rings. The normalized spacial score (nSPS) is 12.6. The van der Waals surface area contributed by atoms with Crippen molar-refractivity contribution in [2.75, 3.05) is 11.5 Å². The summed E-state index contributed by atoms with van der Waals surface area (Å²) in [5.74, 6) is -0.548. The summed E-state index contributed by atoms with van der Waals surface area (Å²) < 4.78 is 61.3. The molecule has 1 rings (SSSR count). The molecule has 0 unspecified atom stereocenters. The number of hydrogen-bond acceptors (Lipinski definition) is 3. The Morgan fingerprint density at radius 3 is 2.55 bits per heavy atom. The van der Waals surface area contributed by atoms with E-state index >= 15 is 0 Å². The first-order valence-electron chi connectivity index (χ1n) is 5.99. The highest BCUT2D eigenvalue weighted by atomic mass is 32.2. The number of nitrogens with two attached hydrogens (primary N) is 1. The summed E-state index contributed by atoms with van der Waals surface area (Å²) in [7, 11) is -3.72. The molecule has 0 bridgehead atoms. The van der Waals surface area contributed by atoms with Gasteiger partial charge in [0.15, 0.2) is 0 Å². The molecule has 0 amide bonds. The van der Waals surface area contributed by atoms with Crippen LogP contribution in [0.2, 0.25) is 0 Å². The van der Waals surface area contributed by atoms with E-state index in [-0.39, 0.29) is 6.54 Å². The van der Waals surface area contributed by atoms with Crippen LogP contribution in [0.5, 0.6) is 0 Å². The predicted molar refractivity (Wildman–Crippen MR) is 71.5 cm³/mol. The van der Waals surface area contributed by atoms with Gasteiger partial charge in [0.25, 0.3) is 0 Å². The maximum atomic E-state index is 11.9. The van der Waals surface area contributed by atoms with Crippen molar-refractivity contribution < 1.29 is 21.6 Å². The van der Waals surface area contributed by atoms with Crippen LogP contribution >= 0.6 is 0 Å². The van der Waals surface area contributed by atoms with E-state index in [0.29, 0.717) is 11.3 Å². The van der Waals surface area contributed by atoms with Crippen LogP contribution in [0.3, 0.4) is 0 Å². The Morgan fingerprint density at radius 1 is 1.30 bits per heavy atom. The molecule has 0 aliphatic rings. The number of benzene rings is 1. The summed E-state index contributed by atoms with van der Waals surface area (Å²) in [6.45, 7) is 1.77. The second kappa shape index (κ2) is 6.45. The molecular formula is C12H17F3N2O2S. The fourth-order valence-electron chi connectivity index (χ4n) is 1.62. The first kappa shape index (κ1) is 16.8. The van der Waals surface area contributed by atoms with Crippen molar-refractivity contribution in [3.8, 4) is 0 Å². The van der Waals surface area contributed by atoms with E-state index in [4.69, 9.17) is 5.73 Å². The van der Waals surface area contributed by atoms with Gasteiger partial charge in [-0.3, -0.25) is 0 Å². The van der Waals surface area contributed by atoms with Crippen molar-refractivity contribution in [1.82, 2.24) is 4.72 Å². The van der Waals surface area contributed by atoms with Crippen molar-refractivity contribution in [3.05, 3.63) is 29.3 Å². The minimum atomic E-state index is -4.33. The monoisotopic (exact) mass is 310 g/mol. The molecular weight excluding hydrogens is 293 g/mol. The van der Waals surface area contributed by atoms with E-state index in [1.54, 1.807) is 25.1 Å². The molecule has 114 valence electrons. The molecule has 0 radical (unpaired) electrons. The zero-order valence-corrected chi connectivity index (χ0v) is 11.8. The molecule has 3 N–H and O–H groups in total. The zero-order valence-electron chi connectivity index (χ0n) is 11.0. The zero-order chi connectivity index (χ0) is 15.4. The molecule has 0 saturated carbocycles. The molecule has 1 aromatic rings. The topological polar surface area (TPSA) is 72.2 Å². The van der Waals surface area contributed by atoms with Crippen LogP contribution in [0.4, 0.5) is 18.9 Å². The standard InChI is InChI=1S/C12H17F3N2O2S/c1-9-10(4-2-5-11(9)16)8-17-20(18,19)7-3-6-12(13,14)15/h2,4-5,17H,3,6-8,16H2,1H3. The fourth-order valence-corrected chi connectivity index (χ4v) is 2.66. The summed E-state index contributed by atoms with van der Waals surface area (Å²) >= 11 is 0. The van der Waals surface area contributed by atoms with Gasteiger partial charge in [-0.25, -0.2) is 13.1 Å². The van der Waals surface area contributed by atoms with Crippen molar-refractivity contribution >= 4 is 15.7 Å². The van der Waals surface area contributed by atoms with Crippen LogP contribution < -0.4 is 10.5 Å². The third-order valence-electron chi connectivity index (χ3n) is 2.84. The van der Waals surface area contributed by atoms with Gasteiger partial charge in [0.1, 0.15) is 0 Å². The minimum absolute atomic E-state index is 0.0191. The van der Waals surface area contributed by atoms with E-state index in [1.807, 2.05) is 0 Å². The summed E-state index contributed by atoms with van der Waals surface area (Å²) in [5.41, 5.74) is 7.68. The molecule has 0 saturated heterocycles. The van der Waals surface area contributed by atoms with E-state index in [1.165, 1.54) is 0 Å². The predicted octanol–water partition coefficient (Wildman–Crippen LogP) is 2.34. The summed E-state index contributed by atoms with van der Waals surface area (Å²) in [6.07, 6.45) is -5.89. The number of rotatable bonds is 6. The molecule has 0 aliphatic heterocycles. The van der Waals surface area contributed by atoms with Gasteiger partial charge in [-0.15, -0.1) is 0 Å². The Kier molecular flexibility index (Phi) is 5.41. The SMILES string of the molecule is Cc1c(N)cccc1CNS(=O)(=O)CCCC(F)(F)F. The number of sulfonamides is 1. The van der Waals surface area contributed by atoms with Gasteiger partial charge in [-0.05, 0) is 30.5 Å². The number of nitrogens with one attached hydrogen (secondary N) is 1. The van der Waals surface area contributed by atoms with Crippen molar-refractivity contribution in [2.24, 2.45) is 0 Å². The lowest BCUT2D eigenvalue weighted by molar-refractivity contribution is -0.134. The van der Waals surface area contributed by atoms with E-state index in [0.717, 1.165) is 5.56 Å². The third-order valence-corrected chi connectivity index (χ3v) is 4.25. The number of alkyl halides is 3. The highest BCUT2D eigenvalue weighted by Crippen LogP contribution is 2.21. The van der Waals surface area contributed by atoms with Gasteiger partial charge in [0.2, 0.25) is 10.0 Å². The average molecular weight is 310 g/mol. The highest BCUT2D eigenvalue weighted by molar-refractivity contribution is 7.89. The Labute approximate surface area is 116 Å². The van der Waals surface area contributed by atoms with Crippen molar-refractivity contribution in [3.63, 3.8) is 0 Å². The Bertz CT molecular complexity index is 556. The fraction of sp³-hybridized carbons (Fsp3) is 0.500. The Hall–Kier alpha value is -1.28. The van der Waals surface area contributed by atoms with Gasteiger partial charge in [0, 0.05) is 18.7 Å². The highest BCUT2D eigenvalue weighted by Gasteiger charge is 2.27. The number of anilines is 1. The molecule has 0 aromatic heterocycles. The van der Waals surface area contributed by atoms with Gasteiger partial charge < -0.3 is 5.73 Å². The van der Waals surface area contributed by atoms with Crippen LogP contribution in [0, 0.1) is 6.92 Å². The van der Waals surface area contributed by atoms with Crippen LogP contribution in [0.15, 0.2) is 18.2 Å². The van der Waals surface area contributed by atoms with E-state index in [9.17, 15) is 21.6 Å². The second-order valence-corrected chi connectivity index (χ2v) is 6.42. The van der Waals surface area contributed by atoms with Crippen molar-refractivity contribution in [1.29, 1.82) is 0 Å². The molecule has 0 aliphatic carbocycles. The number of halogens is 3. The van der Waals surface area contributed by atoms with Crippen molar-refractivity contribution in [2.45, 2.75) is 32.5 Å². The smallest absolute Gasteiger partial charge is 0.389 e. The maximum Gasteiger partial charge on any atom is 0.389 e. The largest absolute Gasteiger partial charge is 0.399 e. The lowest BCUT2D eigenvalue weighted by Crippen LogP contribution is -2.27. The van der Waals surface area contributed by atoms with Crippen LogP contribution in [0.25, 0.3) is 0 Å². The molecule has 0 atom stereocenters. The Morgan fingerprint density at radius 2 is 1.95 bits per heavy atom. The van der Waals surface area contributed by atoms with Gasteiger partial charge in [-0.1, -0.05) is 12.1 Å². The molecule has 8 heteroatoms. The summed E-state index contributed by atoms with van der Waals surface area (Å²) in [6, 6.07) is 5.09. The molecule has 0 heterocycles. The second-order valence-electron chi connectivity index (χ2n) is 4.49. The van der Waals surface area contributed by atoms with Crippen LogP contribution in [-0.2, 0) is 16.6 Å². The summed E-state index contributed by atoms with van der Waals surface area (Å²) in [4.78, 5) is 0. The molecule has 0 spiro atoms. The first-order valence-corrected chi connectivity index (χ1v) is 7.64. The first-order chi connectivity index (χ1) is 9.11. The summed E-state index contributed by atoms with van der Waals surface area (Å²) in [5, 5.41) is 0. The van der Waals surface area contributed by atoms with Gasteiger partial charge in [0.05, 0.1) is 5.75 Å². The van der Waals surface area contributed by atoms with E-state index in [2.05, 4.69) is 4.72 Å². The quantitative estimate of drug-likeness (QED) is 0.792. The lowest BCUT2D eigenvalue weighted by atomic mass is 10.1. The molecule has 1 aromatic carbocycles. The van der Waals surface area contributed by atoms with Crippen LogP contribution in [-0.4, -0.2) is 20.3 Å². The third kappa shape index (κ3) is 5.79. The average Bonchev–Trinajstić information content (AvgIpc) is 2.29. The van der Waals surface area contributed by atoms with Gasteiger partial charge in [-0.2, -0.15) is 13.2 Å². The van der Waals surface area contributed by atoms with Gasteiger partial charge >= 0.3 is 6.18 Å². The van der Waals surface area contributed by atoms with E-state index < -0.39 is 34.8 Å². The maximum absolute atomic E-state index is 11.9. The lowest BCUT2D eigenvalue weighted by Gasteiger charge is -2.11. The minimum Gasteiger partial charge on any atom is -0.399 e. The number of nitrogen functional groups attached to an aromatic ring is 1.